The van der Waals surface area contributed by atoms with Gasteiger partial charge < -0.3 is 15.5 Å². The Balaban J connectivity index is 1.77. The Hall–Kier alpha value is -3.60. The number of nitrogens with zero attached hydrogens (tertiary/aromatic N) is 1. The van der Waals surface area contributed by atoms with Crippen LogP contribution in [0.2, 0.25) is 0 Å². The third-order valence-electron chi connectivity index (χ3n) is 5.00. The van der Waals surface area contributed by atoms with Crippen LogP contribution in [-0.4, -0.2) is 25.9 Å². The molecule has 5 heteroatoms. The van der Waals surface area contributed by atoms with Crippen LogP contribution < -0.4 is 15.5 Å². The van der Waals surface area contributed by atoms with E-state index in [1.54, 1.807) is 6.07 Å². The van der Waals surface area contributed by atoms with Crippen LogP contribution in [0.15, 0.2) is 72.8 Å². The van der Waals surface area contributed by atoms with Gasteiger partial charge in [0.25, 0.3) is 5.91 Å². The third kappa shape index (κ3) is 5.72. The summed E-state index contributed by atoms with van der Waals surface area (Å²) in [6.07, 6.45) is 0. The van der Waals surface area contributed by atoms with Crippen LogP contribution in [0.4, 0.5) is 11.4 Å². The first-order valence-electron chi connectivity index (χ1n) is 10.4. The molecule has 0 fully saturated rings. The van der Waals surface area contributed by atoms with Crippen molar-refractivity contribution >= 4 is 23.2 Å². The van der Waals surface area contributed by atoms with Gasteiger partial charge in [0, 0.05) is 37.9 Å². The van der Waals surface area contributed by atoms with E-state index in [0.29, 0.717) is 17.8 Å². The Morgan fingerprint density at radius 1 is 0.871 bits per heavy atom. The molecule has 5 nitrogen and oxygen atoms in total. The number of hydrogen-bond acceptors (Lipinski definition) is 3. The molecule has 0 unspecified atom stereocenters. The first kappa shape index (κ1) is 22.1. The number of rotatable bonds is 7. The van der Waals surface area contributed by atoms with Gasteiger partial charge in [0.05, 0.1) is 5.56 Å². The average molecular weight is 416 g/mol. The number of nitrogens with one attached hydrogen (secondary N) is 2. The highest BCUT2D eigenvalue weighted by Crippen LogP contribution is 2.24. The molecule has 0 atom stereocenters. The van der Waals surface area contributed by atoms with Crippen LogP contribution in [0, 0.1) is 5.92 Å². The Kier molecular flexibility index (Phi) is 7.08. The van der Waals surface area contributed by atoms with E-state index in [1.165, 1.54) is 0 Å². The van der Waals surface area contributed by atoms with Crippen LogP contribution >= 0.6 is 0 Å². The van der Waals surface area contributed by atoms with E-state index in [4.69, 9.17) is 0 Å². The third-order valence-corrected chi connectivity index (χ3v) is 5.00. The fraction of sp³-hybridized carbons (Fsp3) is 0.231. The van der Waals surface area contributed by atoms with Crippen LogP contribution in [0.3, 0.4) is 0 Å². The predicted molar refractivity (Wildman–Crippen MR) is 127 cm³/mol. The van der Waals surface area contributed by atoms with Crippen molar-refractivity contribution in [3.63, 3.8) is 0 Å². The molecule has 0 radical (unpaired) electrons. The maximum Gasteiger partial charge on any atom is 0.253 e. The molecule has 3 aromatic carbocycles. The molecule has 31 heavy (non-hydrogen) atoms. The van der Waals surface area contributed by atoms with E-state index in [0.717, 1.165) is 22.4 Å². The van der Waals surface area contributed by atoms with Crippen molar-refractivity contribution in [2.24, 2.45) is 5.92 Å². The van der Waals surface area contributed by atoms with Gasteiger partial charge in [0.2, 0.25) is 5.91 Å². The Morgan fingerprint density at radius 3 is 2.26 bits per heavy atom. The van der Waals surface area contributed by atoms with Crippen molar-refractivity contribution < 1.29 is 9.59 Å². The minimum absolute atomic E-state index is 0.0818. The Labute approximate surface area is 184 Å². The van der Waals surface area contributed by atoms with Gasteiger partial charge in [0.1, 0.15) is 0 Å². The summed E-state index contributed by atoms with van der Waals surface area (Å²) < 4.78 is 0. The summed E-state index contributed by atoms with van der Waals surface area (Å²) in [7, 11) is 3.78. The molecule has 160 valence electrons. The fourth-order valence-electron chi connectivity index (χ4n) is 3.24. The second kappa shape index (κ2) is 9.94. The van der Waals surface area contributed by atoms with E-state index >= 15 is 0 Å². The van der Waals surface area contributed by atoms with E-state index < -0.39 is 0 Å². The lowest BCUT2D eigenvalue weighted by atomic mass is 10.0. The molecular formula is C26H29N3O2. The number of amides is 2. The molecule has 0 aromatic heterocycles. The lowest BCUT2D eigenvalue weighted by Crippen LogP contribution is -2.26. The standard InChI is InChI=1S/C26H29N3O2/c1-18(2)25(30)28-22-13-14-24(29(3)4)23(16-22)26(31)27-17-19-9-8-12-21(15-19)20-10-6-5-7-11-20/h5-16,18H,17H2,1-4H3,(H,27,31)(H,28,30). The summed E-state index contributed by atoms with van der Waals surface area (Å²) >= 11 is 0. The number of hydrogen-bond donors (Lipinski definition) is 2. The van der Waals surface area contributed by atoms with E-state index in [-0.39, 0.29) is 17.7 Å². The van der Waals surface area contributed by atoms with Crippen molar-refractivity contribution in [3.8, 4) is 11.1 Å². The zero-order valence-electron chi connectivity index (χ0n) is 18.5. The van der Waals surface area contributed by atoms with Crippen LogP contribution in [0.5, 0.6) is 0 Å². The molecule has 0 bridgehead atoms. The van der Waals surface area contributed by atoms with Crippen LogP contribution in [-0.2, 0) is 11.3 Å². The minimum Gasteiger partial charge on any atom is -0.377 e. The van der Waals surface area contributed by atoms with Gasteiger partial charge in [-0.3, -0.25) is 9.59 Å². The molecule has 2 amide bonds. The Morgan fingerprint density at radius 2 is 1.58 bits per heavy atom. The number of carbonyl (C=O) groups excluding carboxylic acids is 2. The molecule has 0 spiro atoms. The number of benzene rings is 3. The van der Waals surface area contributed by atoms with Gasteiger partial charge in [-0.05, 0) is 41.0 Å². The highest BCUT2D eigenvalue weighted by atomic mass is 16.2. The molecule has 2 N–H and O–H groups in total. The fourth-order valence-corrected chi connectivity index (χ4v) is 3.24. The molecule has 0 saturated carbocycles. The predicted octanol–water partition coefficient (Wildman–Crippen LogP) is 4.94. The summed E-state index contributed by atoms with van der Waals surface area (Å²) in [5.41, 5.74) is 5.19. The SMILES string of the molecule is CC(C)C(=O)Nc1ccc(N(C)C)c(C(=O)NCc2cccc(-c3ccccc3)c2)c1. The summed E-state index contributed by atoms with van der Waals surface area (Å²) in [5.74, 6) is -0.404. The second-order valence-electron chi connectivity index (χ2n) is 8.02. The van der Waals surface area contributed by atoms with Gasteiger partial charge in [-0.1, -0.05) is 62.4 Å². The zero-order valence-corrected chi connectivity index (χ0v) is 18.5. The molecule has 0 aliphatic heterocycles. The second-order valence-corrected chi connectivity index (χ2v) is 8.02. The first-order valence-corrected chi connectivity index (χ1v) is 10.4. The normalized spacial score (nSPS) is 10.6. The maximum absolute atomic E-state index is 13.0. The van der Waals surface area contributed by atoms with Crippen molar-refractivity contribution in [2.45, 2.75) is 20.4 Å². The topological polar surface area (TPSA) is 61.4 Å². The molecule has 0 heterocycles. The summed E-state index contributed by atoms with van der Waals surface area (Å²) in [6.45, 7) is 4.08. The molecule has 3 rings (SSSR count). The lowest BCUT2D eigenvalue weighted by Gasteiger charge is -2.19. The van der Waals surface area contributed by atoms with Gasteiger partial charge in [-0.25, -0.2) is 0 Å². The number of carbonyl (C=O) groups is 2. The average Bonchev–Trinajstić information content (AvgIpc) is 2.78. The first-order chi connectivity index (χ1) is 14.8. The van der Waals surface area contributed by atoms with Gasteiger partial charge in [-0.15, -0.1) is 0 Å². The molecule has 0 aliphatic carbocycles. The van der Waals surface area contributed by atoms with Gasteiger partial charge >= 0.3 is 0 Å². The molecule has 0 saturated heterocycles. The van der Waals surface area contributed by atoms with E-state index in [1.807, 2.05) is 75.3 Å². The number of anilines is 2. The molecule has 3 aromatic rings. The van der Waals surface area contributed by atoms with Crippen LogP contribution in [0.1, 0.15) is 29.8 Å². The van der Waals surface area contributed by atoms with Crippen molar-refractivity contribution in [3.05, 3.63) is 83.9 Å². The van der Waals surface area contributed by atoms with Gasteiger partial charge in [-0.2, -0.15) is 0 Å². The summed E-state index contributed by atoms with van der Waals surface area (Å²) in [4.78, 5) is 27.0. The van der Waals surface area contributed by atoms with Crippen molar-refractivity contribution in [2.75, 3.05) is 24.3 Å². The monoisotopic (exact) mass is 415 g/mol. The highest BCUT2D eigenvalue weighted by molar-refractivity contribution is 6.02. The summed E-state index contributed by atoms with van der Waals surface area (Å²) in [6, 6.07) is 23.7. The van der Waals surface area contributed by atoms with E-state index in [9.17, 15) is 9.59 Å². The smallest absolute Gasteiger partial charge is 0.253 e. The quantitative estimate of drug-likeness (QED) is 0.574. The molecule has 0 aliphatic rings. The zero-order chi connectivity index (χ0) is 22.4. The molecular weight excluding hydrogens is 386 g/mol. The Bertz CT molecular complexity index is 1060. The van der Waals surface area contributed by atoms with Crippen LogP contribution in [0.25, 0.3) is 11.1 Å². The van der Waals surface area contributed by atoms with Crippen molar-refractivity contribution in [1.29, 1.82) is 0 Å². The van der Waals surface area contributed by atoms with Gasteiger partial charge in [0.15, 0.2) is 0 Å². The lowest BCUT2D eigenvalue weighted by molar-refractivity contribution is -0.118. The van der Waals surface area contributed by atoms with Crippen molar-refractivity contribution in [1.82, 2.24) is 5.32 Å². The summed E-state index contributed by atoms with van der Waals surface area (Å²) in [5, 5.41) is 5.88. The largest absolute Gasteiger partial charge is 0.377 e. The maximum atomic E-state index is 13.0. The van der Waals surface area contributed by atoms with E-state index in [2.05, 4.69) is 34.9 Å². The highest BCUT2D eigenvalue weighted by Gasteiger charge is 2.16. The minimum atomic E-state index is -0.186.